The Kier molecular flexibility index (Phi) is 5.54. The molecular formula is C22H25N3O2. The van der Waals surface area contributed by atoms with Crippen molar-refractivity contribution in [3.05, 3.63) is 82.9 Å². The molecule has 1 aliphatic heterocycles. The first-order chi connectivity index (χ1) is 13.1. The van der Waals surface area contributed by atoms with Gasteiger partial charge in [0.1, 0.15) is 0 Å². The van der Waals surface area contributed by atoms with E-state index in [9.17, 15) is 4.79 Å². The highest BCUT2D eigenvalue weighted by atomic mass is 16.5. The van der Waals surface area contributed by atoms with Crippen molar-refractivity contribution in [3.8, 4) is 0 Å². The van der Waals surface area contributed by atoms with Gasteiger partial charge in [-0.3, -0.25) is 9.79 Å². The number of rotatable bonds is 6. The molecule has 2 aromatic rings. The first-order valence-corrected chi connectivity index (χ1v) is 8.97. The van der Waals surface area contributed by atoms with E-state index in [1.165, 1.54) is 0 Å². The molecule has 3 rings (SSSR count). The zero-order valence-corrected chi connectivity index (χ0v) is 15.5. The number of benzene rings is 2. The molecule has 0 aliphatic carbocycles. The summed E-state index contributed by atoms with van der Waals surface area (Å²) in [5.74, 6) is 0.415. The first kappa shape index (κ1) is 19.0. The highest BCUT2D eigenvalue weighted by molar-refractivity contribution is 5.94. The second-order valence-corrected chi connectivity index (χ2v) is 6.77. The van der Waals surface area contributed by atoms with Crippen LogP contribution in [0.5, 0.6) is 0 Å². The summed E-state index contributed by atoms with van der Waals surface area (Å²) in [6.45, 7) is 6.77. The summed E-state index contributed by atoms with van der Waals surface area (Å²) in [5, 5.41) is 0. The maximum atomic E-state index is 12.2. The third-order valence-corrected chi connectivity index (χ3v) is 5.12. The number of carbonyl (C=O) groups is 1. The van der Waals surface area contributed by atoms with Gasteiger partial charge in [0.25, 0.3) is 0 Å². The van der Waals surface area contributed by atoms with E-state index < -0.39 is 11.5 Å². The minimum absolute atomic E-state index is 0.353. The average molecular weight is 363 g/mol. The molecule has 0 saturated carbocycles. The maximum Gasteiger partial charge on any atom is 0.211 e. The van der Waals surface area contributed by atoms with Crippen LogP contribution in [0, 0.1) is 0 Å². The molecule has 5 heteroatoms. The zero-order chi connectivity index (χ0) is 19.4. The minimum Gasteiger partial charge on any atom is -0.465 e. The van der Waals surface area contributed by atoms with E-state index in [-0.39, 0.29) is 0 Å². The molecule has 1 aliphatic rings. The van der Waals surface area contributed by atoms with E-state index in [2.05, 4.69) is 11.6 Å². The molecule has 0 saturated heterocycles. The molecule has 27 heavy (non-hydrogen) atoms. The van der Waals surface area contributed by atoms with Crippen LogP contribution in [0.25, 0.3) is 0 Å². The highest BCUT2D eigenvalue weighted by Gasteiger charge is 2.48. The van der Waals surface area contributed by atoms with Gasteiger partial charge in [-0.05, 0) is 29.2 Å². The molecule has 2 aromatic carbocycles. The lowest BCUT2D eigenvalue weighted by Gasteiger charge is -2.43. The van der Waals surface area contributed by atoms with Gasteiger partial charge in [-0.25, -0.2) is 0 Å². The van der Waals surface area contributed by atoms with Crippen LogP contribution in [-0.4, -0.2) is 24.8 Å². The van der Waals surface area contributed by atoms with Crippen LogP contribution in [0.2, 0.25) is 0 Å². The van der Waals surface area contributed by atoms with Crippen LogP contribution in [0.4, 0.5) is 0 Å². The van der Waals surface area contributed by atoms with Gasteiger partial charge in [0.05, 0.1) is 12.0 Å². The fourth-order valence-corrected chi connectivity index (χ4v) is 3.81. The Labute approximate surface area is 159 Å². The van der Waals surface area contributed by atoms with Crippen molar-refractivity contribution in [1.82, 2.24) is 0 Å². The summed E-state index contributed by atoms with van der Waals surface area (Å²) < 4.78 is 6.02. The summed E-state index contributed by atoms with van der Waals surface area (Å²) in [7, 11) is 0. The van der Waals surface area contributed by atoms with Gasteiger partial charge in [0, 0.05) is 18.7 Å². The molecule has 1 unspecified atom stereocenters. The number of aliphatic imine (C=N–C) groups is 1. The molecule has 0 spiro atoms. The minimum atomic E-state index is -0.799. The summed E-state index contributed by atoms with van der Waals surface area (Å²) in [6.07, 6.45) is 0.0835. The molecule has 1 atom stereocenters. The maximum absolute atomic E-state index is 12.2. The molecule has 0 radical (unpaired) electrons. The SMILES string of the molecule is C=C(C)C1=NCC(c2ccccc2CN)(c2ccccc2CN)C(C=O)O1. The van der Waals surface area contributed by atoms with Crippen molar-refractivity contribution in [2.75, 3.05) is 6.54 Å². The van der Waals surface area contributed by atoms with Gasteiger partial charge in [-0.2, -0.15) is 0 Å². The topological polar surface area (TPSA) is 90.7 Å². The van der Waals surface area contributed by atoms with Gasteiger partial charge in [-0.15, -0.1) is 0 Å². The summed E-state index contributed by atoms with van der Waals surface area (Å²) in [6, 6.07) is 15.7. The Morgan fingerprint density at radius 1 is 1.15 bits per heavy atom. The fraction of sp³-hybridized carbons (Fsp3) is 0.273. The second kappa shape index (κ2) is 7.86. The Hall–Kier alpha value is -2.76. The molecular weight excluding hydrogens is 338 g/mol. The third kappa shape index (κ3) is 3.20. The van der Waals surface area contributed by atoms with E-state index in [0.29, 0.717) is 31.1 Å². The lowest BCUT2D eigenvalue weighted by atomic mass is 9.67. The molecule has 0 bridgehead atoms. The third-order valence-electron chi connectivity index (χ3n) is 5.12. The van der Waals surface area contributed by atoms with E-state index in [0.717, 1.165) is 28.5 Å². The van der Waals surface area contributed by atoms with Crippen molar-refractivity contribution in [1.29, 1.82) is 0 Å². The van der Waals surface area contributed by atoms with Crippen LogP contribution in [0.1, 0.15) is 29.2 Å². The number of aldehydes is 1. The summed E-state index contributed by atoms with van der Waals surface area (Å²) >= 11 is 0. The normalized spacial score (nSPS) is 18.3. The van der Waals surface area contributed by atoms with Gasteiger partial charge >= 0.3 is 0 Å². The predicted octanol–water partition coefficient (Wildman–Crippen LogP) is 2.46. The predicted molar refractivity (Wildman–Crippen MR) is 107 cm³/mol. The molecule has 0 fully saturated rings. The number of nitrogens with zero attached hydrogens (tertiary/aromatic N) is 1. The average Bonchev–Trinajstić information content (AvgIpc) is 2.72. The van der Waals surface area contributed by atoms with Crippen LogP contribution >= 0.6 is 0 Å². The van der Waals surface area contributed by atoms with Gasteiger partial charge in [0.2, 0.25) is 5.90 Å². The van der Waals surface area contributed by atoms with Crippen molar-refractivity contribution in [2.24, 2.45) is 16.5 Å². The smallest absolute Gasteiger partial charge is 0.211 e. The van der Waals surface area contributed by atoms with Crippen molar-refractivity contribution < 1.29 is 9.53 Å². The Morgan fingerprint density at radius 3 is 2.11 bits per heavy atom. The van der Waals surface area contributed by atoms with E-state index in [4.69, 9.17) is 16.2 Å². The largest absolute Gasteiger partial charge is 0.465 e. The number of hydrogen-bond acceptors (Lipinski definition) is 5. The lowest BCUT2D eigenvalue weighted by molar-refractivity contribution is -0.117. The van der Waals surface area contributed by atoms with Crippen molar-refractivity contribution >= 4 is 12.2 Å². The van der Waals surface area contributed by atoms with Gasteiger partial charge < -0.3 is 16.2 Å². The van der Waals surface area contributed by atoms with Crippen LogP contribution in [0.3, 0.4) is 0 Å². The van der Waals surface area contributed by atoms with Gasteiger partial charge in [0.15, 0.2) is 12.4 Å². The van der Waals surface area contributed by atoms with Crippen molar-refractivity contribution in [3.63, 3.8) is 0 Å². The highest BCUT2D eigenvalue weighted by Crippen LogP contribution is 2.42. The molecule has 4 N–H and O–H groups in total. The summed E-state index contributed by atoms with van der Waals surface area (Å²) in [5.41, 5.74) is 15.7. The first-order valence-electron chi connectivity index (χ1n) is 8.97. The number of ether oxygens (including phenoxy) is 1. The quantitative estimate of drug-likeness (QED) is 0.772. The Morgan fingerprint density at radius 2 is 1.67 bits per heavy atom. The second-order valence-electron chi connectivity index (χ2n) is 6.77. The Bertz CT molecular complexity index is 841. The molecule has 0 aromatic heterocycles. The number of nitrogens with two attached hydrogens (primary N) is 2. The monoisotopic (exact) mass is 363 g/mol. The van der Waals surface area contributed by atoms with Gasteiger partial charge in [-0.1, -0.05) is 55.1 Å². The van der Waals surface area contributed by atoms with Crippen molar-refractivity contribution in [2.45, 2.75) is 31.5 Å². The fourth-order valence-electron chi connectivity index (χ4n) is 3.81. The summed E-state index contributed by atoms with van der Waals surface area (Å²) in [4.78, 5) is 16.9. The van der Waals surface area contributed by atoms with E-state index in [1.807, 2.05) is 55.5 Å². The number of carbonyl (C=O) groups excluding carboxylic acids is 1. The van der Waals surface area contributed by atoms with Crippen LogP contribution in [-0.2, 0) is 28.0 Å². The zero-order valence-electron chi connectivity index (χ0n) is 15.5. The molecule has 0 amide bonds. The molecule has 1 heterocycles. The van der Waals surface area contributed by atoms with Crippen LogP contribution < -0.4 is 11.5 Å². The standard InChI is InChI=1S/C22H25N3O2/c1-15(2)21-25-14-22(20(13-26)27-21,18-9-5-3-7-16(18)11-23)19-10-6-4-8-17(19)12-24/h3-10,13,20H,1,11-12,14,23-24H2,2H3. The molecule has 140 valence electrons. The Balaban J connectivity index is 2.34. The van der Waals surface area contributed by atoms with E-state index in [1.54, 1.807) is 0 Å². The lowest BCUT2D eigenvalue weighted by Crippen LogP contribution is -2.51. The molecule has 5 nitrogen and oxygen atoms in total. The van der Waals surface area contributed by atoms with Crippen LogP contribution in [0.15, 0.2) is 65.7 Å². The number of hydrogen-bond donors (Lipinski definition) is 2. The van der Waals surface area contributed by atoms with E-state index >= 15 is 0 Å².